The molecule has 2 heterocycles. The van der Waals surface area contributed by atoms with Gasteiger partial charge in [0.05, 0.1) is 25.0 Å². The maximum absolute atomic E-state index is 12.5. The first-order valence-electron chi connectivity index (χ1n) is 10.2. The minimum Gasteiger partial charge on any atom is -0.488 e. The van der Waals surface area contributed by atoms with Gasteiger partial charge in [-0.3, -0.25) is 4.99 Å². The van der Waals surface area contributed by atoms with Crippen molar-refractivity contribution in [3.63, 3.8) is 0 Å². The molecule has 1 unspecified atom stereocenters. The number of aliphatic imine (C=N–C) groups is 1. The summed E-state index contributed by atoms with van der Waals surface area (Å²) in [6.45, 7) is 6.82. The molecule has 8 nitrogen and oxygen atoms in total. The van der Waals surface area contributed by atoms with Crippen LogP contribution in [0.25, 0.3) is 0 Å². The van der Waals surface area contributed by atoms with Crippen molar-refractivity contribution in [1.29, 1.82) is 0 Å². The van der Waals surface area contributed by atoms with E-state index >= 15 is 0 Å². The van der Waals surface area contributed by atoms with Crippen LogP contribution in [-0.2, 0) is 21.2 Å². The first-order valence-corrected chi connectivity index (χ1v) is 11.8. The van der Waals surface area contributed by atoms with Gasteiger partial charge in [0.1, 0.15) is 11.9 Å². The summed E-state index contributed by atoms with van der Waals surface area (Å²) in [5.74, 6) is 1.76. The quantitative estimate of drug-likeness (QED) is 0.314. The van der Waals surface area contributed by atoms with Gasteiger partial charge >= 0.3 is 0 Å². The number of guanidine groups is 1. The van der Waals surface area contributed by atoms with Gasteiger partial charge in [0.25, 0.3) is 0 Å². The molecule has 0 aliphatic carbocycles. The summed E-state index contributed by atoms with van der Waals surface area (Å²) in [7, 11) is -1.54. The highest BCUT2D eigenvalue weighted by atomic mass is 127. The average molecular weight is 552 g/mol. The van der Waals surface area contributed by atoms with Gasteiger partial charge in [-0.15, -0.1) is 24.0 Å². The van der Waals surface area contributed by atoms with Crippen LogP contribution in [0.1, 0.15) is 19.4 Å². The Bertz CT molecular complexity index is 786. The van der Waals surface area contributed by atoms with Crippen molar-refractivity contribution in [2.24, 2.45) is 4.99 Å². The van der Waals surface area contributed by atoms with Crippen molar-refractivity contribution in [3.8, 4) is 5.75 Å². The molecule has 1 aromatic rings. The molecule has 1 atom stereocenters. The van der Waals surface area contributed by atoms with E-state index < -0.39 is 10.0 Å². The van der Waals surface area contributed by atoms with Crippen LogP contribution in [0.15, 0.2) is 29.3 Å². The van der Waals surface area contributed by atoms with Gasteiger partial charge in [-0.05, 0) is 25.5 Å². The Hall–Kier alpha value is -1.11. The van der Waals surface area contributed by atoms with Crippen molar-refractivity contribution < 1.29 is 17.9 Å². The highest BCUT2D eigenvalue weighted by Crippen LogP contribution is 2.27. The molecule has 2 aliphatic rings. The standard InChI is InChI=1S/C20H32N4O4S.HI/c1-16(2)27-12-13-29(25,26)24-10-8-23(9-11-24)20(21-3)22-15-18-14-17-6-4-5-7-19(17)28-18;/h4-7,16,18H,8-15H2,1-3H3,(H,21,22);1H. The lowest BCUT2D eigenvalue weighted by molar-refractivity contribution is 0.0904. The largest absolute Gasteiger partial charge is 0.488 e. The van der Waals surface area contributed by atoms with Crippen molar-refractivity contribution in [2.75, 3.05) is 52.1 Å². The van der Waals surface area contributed by atoms with Crippen molar-refractivity contribution in [3.05, 3.63) is 29.8 Å². The molecule has 170 valence electrons. The predicted molar refractivity (Wildman–Crippen MR) is 129 cm³/mol. The fraction of sp³-hybridized carbons (Fsp3) is 0.650. The number of fused-ring (bicyclic) bond motifs is 1. The molecule has 0 amide bonds. The zero-order valence-electron chi connectivity index (χ0n) is 17.9. The van der Waals surface area contributed by atoms with Gasteiger partial charge in [-0.25, -0.2) is 8.42 Å². The average Bonchev–Trinajstić information content (AvgIpc) is 3.11. The van der Waals surface area contributed by atoms with Crippen LogP contribution in [0.2, 0.25) is 0 Å². The molecular formula is C20H33IN4O4S. The molecule has 0 bridgehead atoms. The number of halogens is 1. The molecule has 1 fully saturated rings. The van der Waals surface area contributed by atoms with Crippen LogP contribution in [0.5, 0.6) is 5.75 Å². The third-order valence-electron chi connectivity index (χ3n) is 5.14. The van der Waals surface area contributed by atoms with Crippen LogP contribution >= 0.6 is 24.0 Å². The number of sulfonamides is 1. The Morgan fingerprint density at radius 2 is 1.97 bits per heavy atom. The first-order chi connectivity index (χ1) is 13.9. The maximum Gasteiger partial charge on any atom is 0.216 e. The number of hydrogen-bond donors (Lipinski definition) is 1. The zero-order valence-corrected chi connectivity index (χ0v) is 21.1. The van der Waals surface area contributed by atoms with E-state index in [1.54, 1.807) is 11.4 Å². The molecule has 0 saturated carbocycles. The molecule has 1 aromatic carbocycles. The number of hydrogen-bond acceptors (Lipinski definition) is 5. The summed E-state index contributed by atoms with van der Waals surface area (Å²) in [5.41, 5.74) is 1.23. The number of rotatable bonds is 7. The van der Waals surface area contributed by atoms with E-state index in [4.69, 9.17) is 9.47 Å². The SMILES string of the molecule is CN=C(NCC1Cc2ccccc2O1)N1CCN(S(=O)(=O)CCOC(C)C)CC1.I. The summed E-state index contributed by atoms with van der Waals surface area (Å²) < 4.78 is 37.9. The number of ether oxygens (including phenoxy) is 2. The first kappa shape index (κ1) is 25.2. The van der Waals surface area contributed by atoms with E-state index in [1.807, 2.05) is 32.0 Å². The second kappa shape index (κ2) is 11.5. The fourth-order valence-corrected chi connectivity index (χ4v) is 4.89. The van der Waals surface area contributed by atoms with E-state index in [2.05, 4.69) is 21.3 Å². The Morgan fingerprint density at radius 3 is 2.60 bits per heavy atom. The normalized spacial score (nSPS) is 19.9. The molecular weight excluding hydrogens is 519 g/mol. The van der Waals surface area contributed by atoms with Crippen molar-refractivity contribution in [2.45, 2.75) is 32.5 Å². The number of piperazine rings is 1. The van der Waals surface area contributed by atoms with Gasteiger partial charge < -0.3 is 19.7 Å². The molecule has 3 rings (SSSR count). The molecule has 10 heteroatoms. The van der Waals surface area contributed by atoms with Gasteiger partial charge in [-0.1, -0.05) is 18.2 Å². The smallest absolute Gasteiger partial charge is 0.216 e. The number of nitrogens with one attached hydrogen (secondary N) is 1. The highest BCUT2D eigenvalue weighted by molar-refractivity contribution is 14.0. The summed E-state index contributed by atoms with van der Waals surface area (Å²) >= 11 is 0. The molecule has 1 N–H and O–H groups in total. The van der Waals surface area contributed by atoms with Gasteiger partial charge in [-0.2, -0.15) is 4.31 Å². The summed E-state index contributed by atoms with van der Waals surface area (Å²) in [6.07, 6.45) is 0.991. The monoisotopic (exact) mass is 552 g/mol. The van der Waals surface area contributed by atoms with Crippen LogP contribution in [0.4, 0.5) is 0 Å². The molecule has 0 radical (unpaired) electrons. The van der Waals surface area contributed by atoms with E-state index in [1.165, 1.54) is 5.56 Å². The minimum atomic E-state index is -3.29. The summed E-state index contributed by atoms with van der Waals surface area (Å²) in [5, 5.41) is 3.38. The van der Waals surface area contributed by atoms with Gasteiger partial charge in [0.15, 0.2) is 5.96 Å². The zero-order chi connectivity index (χ0) is 20.9. The van der Waals surface area contributed by atoms with Crippen LogP contribution in [-0.4, -0.2) is 87.9 Å². The van der Waals surface area contributed by atoms with E-state index in [9.17, 15) is 8.42 Å². The van der Waals surface area contributed by atoms with Crippen molar-refractivity contribution in [1.82, 2.24) is 14.5 Å². The van der Waals surface area contributed by atoms with Crippen LogP contribution in [0, 0.1) is 0 Å². The Morgan fingerprint density at radius 1 is 1.27 bits per heavy atom. The number of nitrogens with zero attached hydrogens (tertiary/aromatic N) is 3. The topological polar surface area (TPSA) is 83.5 Å². The fourth-order valence-electron chi connectivity index (χ4n) is 3.60. The van der Waals surface area contributed by atoms with E-state index in [-0.39, 0.29) is 48.5 Å². The Labute approximate surface area is 197 Å². The van der Waals surface area contributed by atoms with Crippen molar-refractivity contribution >= 4 is 40.0 Å². The molecule has 2 aliphatic heterocycles. The lowest BCUT2D eigenvalue weighted by Gasteiger charge is -2.36. The summed E-state index contributed by atoms with van der Waals surface area (Å²) in [4.78, 5) is 6.46. The number of para-hydroxylation sites is 1. The predicted octanol–water partition coefficient (Wildman–Crippen LogP) is 1.56. The maximum atomic E-state index is 12.5. The van der Waals surface area contributed by atoms with Crippen LogP contribution < -0.4 is 10.1 Å². The molecule has 30 heavy (non-hydrogen) atoms. The second-order valence-corrected chi connectivity index (χ2v) is 9.69. The number of benzene rings is 1. The van der Waals surface area contributed by atoms with Crippen LogP contribution in [0.3, 0.4) is 0 Å². The van der Waals surface area contributed by atoms with Gasteiger partial charge in [0.2, 0.25) is 10.0 Å². The third-order valence-corrected chi connectivity index (χ3v) is 6.97. The molecule has 0 aromatic heterocycles. The van der Waals surface area contributed by atoms with Gasteiger partial charge in [0, 0.05) is 39.6 Å². The Balaban J connectivity index is 0.00000320. The molecule has 0 spiro atoms. The highest BCUT2D eigenvalue weighted by Gasteiger charge is 2.29. The Kier molecular flexibility index (Phi) is 9.64. The summed E-state index contributed by atoms with van der Waals surface area (Å²) in [6, 6.07) is 8.10. The minimum absolute atomic E-state index is 0. The lowest BCUT2D eigenvalue weighted by atomic mass is 10.1. The molecule has 1 saturated heterocycles. The lowest BCUT2D eigenvalue weighted by Crippen LogP contribution is -2.55. The second-order valence-electron chi connectivity index (χ2n) is 7.60. The van der Waals surface area contributed by atoms with E-state index in [0.717, 1.165) is 18.1 Å². The van der Waals surface area contributed by atoms with E-state index in [0.29, 0.717) is 32.7 Å². The third kappa shape index (κ3) is 6.69.